The Balaban J connectivity index is 1.36. The van der Waals surface area contributed by atoms with Crippen LogP contribution in [0.15, 0.2) is 30.5 Å². The summed E-state index contributed by atoms with van der Waals surface area (Å²) in [5.41, 5.74) is 0.479. The Hall–Kier alpha value is -1.84. The summed E-state index contributed by atoms with van der Waals surface area (Å²) in [6.07, 6.45) is 10.6. The molecule has 3 nitrogen and oxygen atoms in total. The minimum absolute atomic E-state index is 0.00463. The van der Waals surface area contributed by atoms with Crippen LogP contribution in [0.25, 0.3) is 6.08 Å². The van der Waals surface area contributed by atoms with Crippen LogP contribution in [0.2, 0.25) is 0 Å². The summed E-state index contributed by atoms with van der Waals surface area (Å²) in [4.78, 5) is 12.2. The van der Waals surface area contributed by atoms with Crippen LogP contribution in [0, 0.1) is 23.6 Å². The van der Waals surface area contributed by atoms with Crippen molar-refractivity contribution in [3.8, 4) is 0 Å². The molecule has 4 aliphatic rings. The average molecular weight is 314 g/mol. The molecule has 2 amide bonds. The Morgan fingerprint density at radius 1 is 1.09 bits per heavy atom. The van der Waals surface area contributed by atoms with Gasteiger partial charge in [-0.3, -0.25) is 0 Å². The number of halogens is 1. The molecule has 4 aliphatic carbocycles. The standard InChI is InChI=1S/C19H23FN2O/c20-17-4-2-1-3-16(17)5-6-21-18(23)22-19-10-13-7-14(11-19)9-15(8-13)12-19/h1-6,13-15H,7-12H2,(H2,21,22,23)/b6-5+. The maximum absolute atomic E-state index is 13.5. The van der Waals surface area contributed by atoms with Crippen LogP contribution in [0.1, 0.15) is 44.1 Å². The lowest BCUT2D eigenvalue weighted by atomic mass is 9.53. The van der Waals surface area contributed by atoms with Gasteiger partial charge in [0.25, 0.3) is 0 Å². The highest BCUT2D eigenvalue weighted by atomic mass is 19.1. The Labute approximate surface area is 136 Å². The first kappa shape index (κ1) is 14.7. The quantitative estimate of drug-likeness (QED) is 0.868. The largest absolute Gasteiger partial charge is 0.332 e. The third kappa shape index (κ3) is 2.99. The predicted molar refractivity (Wildman–Crippen MR) is 88.0 cm³/mol. The van der Waals surface area contributed by atoms with Gasteiger partial charge < -0.3 is 10.6 Å². The first-order valence-electron chi connectivity index (χ1n) is 8.62. The summed E-state index contributed by atoms with van der Waals surface area (Å²) >= 11 is 0. The third-order valence-corrected chi connectivity index (χ3v) is 5.80. The molecule has 4 bridgehead atoms. The van der Waals surface area contributed by atoms with Crippen LogP contribution >= 0.6 is 0 Å². The van der Waals surface area contributed by atoms with E-state index in [9.17, 15) is 9.18 Å². The molecule has 0 unspecified atom stereocenters. The van der Waals surface area contributed by atoms with Crippen LogP contribution in [-0.2, 0) is 0 Å². The van der Waals surface area contributed by atoms with Crippen LogP contribution < -0.4 is 10.6 Å². The maximum Gasteiger partial charge on any atom is 0.319 e. The summed E-state index contributed by atoms with van der Waals surface area (Å²) in [6, 6.07) is 6.36. The highest BCUT2D eigenvalue weighted by Gasteiger charge is 2.51. The summed E-state index contributed by atoms with van der Waals surface area (Å²) < 4.78 is 13.5. The van der Waals surface area contributed by atoms with Gasteiger partial charge in [-0.2, -0.15) is 0 Å². The van der Waals surface area contributed by atoms with Gasteiger partial charge in [0.15, 0.2) is 0 Å². The van der Waals surface area contributed by atoms with Gasteiger partial charge in [-0.05, 0) is 68.4 Å². The van der Waals surface area contributed by atoms with E-state index in [1.165, 1.54) is 31.5 Å². The number of hydrogen-bond acceptors (Lipinski definition) is 1. The molecule has 122 valence electrons. The lowest BCUT2D eigenvalue weighted by molar-refractivity contribution is -0.0133. The smallest absolute Gasteiger partial charge is 0.319 e. The van der Waals surface area contributed by atoms with Crippen molar-refractivity contribution in [1.82, 2.24) is 10.6 Å². The molecule has 0 radical (unpaired) electrons. The third-order valence-electron chi connectivity index (χ3n) is 5.80. The number of benzene rings is 1. The number of nitrogens with one attached hydrogen (secondary N) is 2. The highest BCUT2D eigenvalue weighted by molar-refractivity contribution is 5.76. The number of carbonyl (C=O) groups excluding carboxylic acids is 1. The number of urea groups is 1. The molecule has 0 aromatic heterocycles. The molecule has 1 aromatic carbocycles. The van der Waals surface area contributed by atoms with Crippen LogP contribution in [0.3, 0.4) is 0 Å². The molecule has 4 saturated carbocycles. The van der Waals surface area contributed by atoms with Crippen molar-refractivity contribution in [1.29, 1.82) is 0 Å². The Morgan fingerprint density at radius 3 is 2.30 bits per heavy atom. The van der Waals surface area contributed by atoms with E-state index < -0.39 is 0 Å². The van der Waals surface area contributed by atoms with Gasteiger partial charge in [0.05, 0.1) is 0 Å². The van der Waals surface area contributed by atoms with Gasteiger partial charge in [-0.15, -0.1) is 0 Å². The molecule has 4 fully saturated rings. The van der Waals surface area contributed by atoms with Gasteiger partial charge >= 0.3 is 6.03 Å². The summed E-state index contributed by atoms with van der Waals surface area (Å²) in [5, 5.41) is 5.97. The van der Waals surface area contributed by atoms with Gasteiger partial charge in [-0.25, -0.2) is 9.18 Å². The summed E-state index contributed by atoms with van der Waals surface area (Å²) in [7, 11) is 0. The minimum Gasteiger partial charge on any atom is -0.332 e. The predicted octanol–water partition coefficient (Wildman–Crippen LogP) is 4.06. The molecule has 1 aromatic rings. The number of rotatable bonds is 3. The van der Waals surface area contributed by atoms with Crippen LogP contribution in [-0.4, -0.2) is 11.6 Å². The number of hydrogen-bond donors (Lipinski definition) is 2. The fourth-order valence-corrected chi connectivity index (χ4v) is 5.36. The van der Waals surface area contributed by atoms with Crippen molar-refractivity contribution in [2.24, 2.45) is 17.8 Å². The van der Waals surface area contributed by atoms with Crippen molar-refractivity contribution < 1.29 is 9.18 Å². The van der Waals surface area contributed by atoms with Crippen LogP contribution in [0.4, 0.5) is 9.18 Å². The monoisotopic (exact) mass is 314 g/mol. The van der Waals surface area contributed by atoms with Crippen molar-refractivity contribution in [2.45, 2.75) is 44.1 Å². The number of carbonyl (C=O) groups is 1. The molecule has 23 heavy (non-hydrogen) atoms. The summed E-state index contributed by atoms with van der Waals surface area (Å²) in [6.45, 7) is 0. The van der Waals surface area contributed by atoms with E-state index in [1.54, 1.807) is 24.3 Å². The van der Waals surface area contributed by atoms with Crippen molar-refractivity contribution >= 4 is 12.1 Å². The Bertz CT molecular complexity index is 605. The van der Waals surface area contributed by atoms with E-state index in [4.69, 9.17) is 0 Å². The van der Waals surface area contributed by atoms with E-state index in [1.807, 2.05) is 0 Å². The molecular formula is C19H23FN2O. The second kappa shape index (κ2) is 5.66. The fourth-order valence-electron chi connectivity index (χ4n) is 5.36. The molecule has 0 atom stereocenters. The molecule has 4 heteroatoms. The fraction of sp³-hybridized carbons (Fsp3) is 0.526. The van der Waals surface area contributed by atoms with E-state index in [0.29, 0.717) is 5.56 Å². The summed E-state index contributed by atoms with van der Waals surface area (Å²) in [5.74, 6) is 2.12. The Morgan fingerprint density at radius 2 is 1.70 bits per heavy atom. The second-order valence-corrected chi connectivity index (χ2v) is 7.65. The zero-order valence-electron chi connectivity index (χ0n) is 13.2. The van der Waals surface area contributed by atoms with Crippen molar-refractivity contribution in [2.75, 3.05) is 0 Å². The SMILES string of the molecule is O=C(N/C=C/c1ccccc1F)NC12CC3CC(CC(C3)C1)C2. The first-order valence-corrected chi connectivity index (χ1v) is 8.62. The molecule has 0 aliphatic heterocycles. The van der Waals surface area contributed by atoms with E-state index in [-0.39, 0.29) is 17.4 Å². The zero-order chi connectivity index (χ0) is 15.9. The molecule has 0 heterocycles. The molecule has 5 rings (SSSR count). The second-order valence-electron chi connectivity index (χ2n) is 7.65. The lowest BCUT2D eigenvalue weighted by Crippen LogP contribution is -2.61. The van der Waals surface area contributed by atoms with E-state index >= 15 is 0 Å². The average Bonchev–Trinajstić information content (AvgIpc) is 2.47. The lowest BCUT2D eigenvalue weighted by Gasteiger charge is -2.56. The minimum atomic E-state index is -0.285. The number of amides is 2. The van der Waals surface area contributed by atoms with Gasteiger partial charge in [0.1, 0.15) is 5.82 Å². The topological polar surface area (TPSA) is 41.1 Å². The van der Waals surface area contributed by atoms with Gasteiger partial charge in [-0.1, -0.05) is 18.2 Å². The molecule has 0 saturated heterocycles. The van der Waals surface area contributed by atoms with E-state index in [0.717, 1.165) is 37.0 Å². The Kier molecular flexibility index (Phi) is 3.63. The molecular weight excluding hydrogens is 291 g/mol. The molecule has 0 spiro atoms. The van der Waals surface area contributed by atoms with Crippen molar-refractivity contribution in [3.05, 3.63) is 41.8 Å². The van der Waals surface area contributed by atoms with Crippen molar-refractivity contribution in [3.63, 3.8) is 0 Å². The zero-order valence-corrected chi connectivity index (χ0v) is 13.2. The normalized spacial score (nSPS) is 34.7. The first-order chi connectivity index (χ1) is 11.1. The van der Waals surface area contributed by atoms with Gasteiger partial charge in [0, 0.05) is 17.3 Å². The van der Waals surface area contributed by atoms with Gasteiger partial charge in [0.2, 0.25) is 0 Å². The highest BCUT2D eigenvalue weighted by Crippen LogP contribution is 2.55. The maximum atomic E-state index is 13.5. The van der Waals surface area contributed by atoms with Crippen LogP contribution in [0.5, 0.6) is 0 Å². The van der Waals surface area contributed by atoms with E-state index in [2.05, 4.69) is 10.6 Å². The molecule has 2 N–H and O–H groups in total.